The van der Waals surface area contributed by atoms with Crippen LogP contribution < -0.4 is 9.61 Å². The summed E-state index contributed by atoms with van der Waals surface area (Å²) in [4.78, 5) is 13.6. The van der Waals surface area contributed by atoms with Gasteiger partial charge in [-0.3, -0.25) is 4.79 Å². The van der Waals surface area contributed by atoms with E-state index in [-0.39, 0.29) is 6.10 Å². The lowest BCUT2D eigenvalue weighted by Crippen LogP contribution is -2.39. The van der Waals surface area contributed by atoms with Crippen LogP contribution in [0.2, 0.25) is 0 Å². The Bertz CT molecular complexity index is 987. The van der Waals surface area contributed by atoms with Gasteiger partial charge in [-0.05, 0) is 49.8 Å². The molecule has 0 saturated carbocycles. The summed E-state index contributed by atoms with van der Waals surface area (Å²) in [5, 5.41) is 2.82. The molecule has 0 aliphatic rings. The first-order chi connectivity index (χ1) is 20.9. The molecule has 2 atom stereocenters. The fraction of sp³-hybridized carbons (Fsp3) is 0.639. The van der Waals surface area contributed by atoms with Gasteiger partial charge in [0, 0.05) is 11.2 Å². The molecule has 1 N–H and O–H groups in total. The van der Waals surface area contributed by atoms with E-state index in [2.05, 4.69) is 18.9 Å². The number of esters is 1. The highest BCUT2D eigenvalue weighted by Gasteiger charge is 2.32. The van der Waals surface area contributed by atoms with Crippen molar-refractivity contribution < 1.29 is 18.6 Å². The van der Waals surface area contributed by atoms with Gasteiger partial charge in [-0.2, -0.15) is 0 Å². The van der Waals surface area contributed by atoms with Gasteiger partial charge in [0.05, 0.1) is 0 Å². The van der Waals surface area contributed by atoms with Crippen molar-refractivity contribution in [3.05, 3.63) is 66.2 Å². The molecule has 0 aliphatic carbocycles. The van der Waals surface area contributed by atoms with E-state index in [0.717, 1.165) is 44.1 Å². The second-order valence-electron chi connectivity index (χ2n) is 11.8. The number of nitrogens with one attached hydrogen (secondary N) is 1. The molecule has 0 aliphatic heterocycles. The summed E-state index contributed by atoms with van der Waals surface area (Å²) < 4.78 is 25.0. The maximum Gasteiger partial charge on any atom is 0.409 e. The molecule has 7 heteroatoms. The number of ether oxygens (including phenoxy) is 1. The zero-order chi connectivity index (χ0) is 31.0. The molecule has 0 saturated heterocycles. The minimum Gasteiger partial charge on any atom is -0.461 e. The van der Waals surface area contributed by atoms with Crippen molar-refractivity contribution in [2.45, 2.75) is 148 Å². The molecule has 0 bridgehead atoms. The van der Waals surface area contributed by atoms with Gasteiger partial charge in [0.15, 0.2) is 0 Å². The minimum atomic E-state index is -3.87. The first-order valence-electron chi connectivity index (χ1n) is 17.0. The van der Waals surface area contributed by atoms with Crippen LogP contribution in [-0.4, -0.2) is 18.1 Å². The Labute approximate surface area is 267 Å². The van der Waals surface area contributed by atoms with Crippen LogP contribution in [0, 0.1) is 0 Å². The molecule has 0 radical (unpaired) electrons. The fourth-order valence-electron chi connectivity index (χ4n) is 5.38. The largest absolute Gasteiger partial charge is 0.461 e. The summed E-state index contributed by atoms with van der Waals surface area (Å²) in [6.45, 7) is 0.625. The van der Waals surface area contributed by atoms with Gasteiger partial charge in [0.2, 0.25) is 0 Å². The van der Waals surface area contributed by atoms with Crippen LogP contribution in [-0.2, 0) is 20.5 Å². The van der Waals surface area contributed by atoms with E-state index in [4.69, 9.17) is 20.5 Å². The van der Waals surface area contributed by atoms with Crippen molar-refractivity contribution in [1.82, 2.24) is 5.09 Å². The molecule has 0 fully saturated rings. The Morgan fingerprint density at radius 2 is 1.14 bits per heavy atom. The van der Waals surface area contributed by atoms with Gasteiger partial charge in [-0.1, -0.05) is 152 Å². The Morgan fingerprint density at radius 1 is 0.698 bits per heavy atom. The van der Waals surface area contributed by atoms with Gasteiger partial charge in [-0.15, -0.1) is 0 Å². The highest BCUT2D eigenvalue weighted by Crippen LogP contribution is 2.48. The van der Waals surface area contributed by atoms with Crippen molar-refractivity contribution in [2.75, 3.05) is 0 Å². The van der Waals surface area contributed by atoms with Gasteiger partial charge in [0.25, 0.3) is 0 Å². The van der Waals surface area contributed by atoms with Gasteiger partial charge >= 0.3 is 12.8 Å². The van der Waals surface area contributed by atoms with Crippen LogP contribution in [0.25, 0.3) is 0 Å². The summed E-state index contributed by atoms with van der Waals surface area (Å²) in [6, 6.07) is 17.5. The van der Waals surface area contributed by atoms with Crippen LogP contribution in [0.15, 0.2) is 60.7 Å². The lowest BCUT2D eigenvalue weighted by molar-refractivity contribution is -0.152. The SMILES string of the molecule is CCCCCCCCCCC(CCCCCCCCCC)OC(=O)[C@H](Cc1ccccc1)NP(=O)(Cl)Oc1ccccc1. The lowest BCUT2D eigenvalue weighted by atomic mass is 10.0. The zero-order valence-electron chi connectivity index (χ0n) is 26.8. The van der Waals surface area contributed by atoms with Gasteiger partial charge in [0.1, 0.15) is 17.9 Å². The standard InChI is InChI=1S/C36H57ClNO4P/c1-3-5-7-9-11-13-15-21-27-33(28-22-16-14-12-10-8-6-4-2)41-36(39)35(31-32-25-19-17-20-26-32)38-43(37,40)42-34-29-23-18-24-30-34/h17-20,23-26,29-30,33,35H,3-16,21-22,27-28,31H2,1-2H3,(H,38,40)/t35-,43?/m0/s1. The molecule has 0 amide bonds. The maximum absolute atomic E-state index is 13.6. The maximum atomic E-state index is 13.6. The van der Waals surface area contributed by atoms with Crippen LogP contribution in [0.5, 0.6) is 5.75 Å². The molecule has 2 aromatic rings. The Hall–Kier alpha value is -1.81. The van der Waals surface area contributed by atoms with Crippen molar-refractivity contribution in [3.63, 3.8) is 0 Å². The first-order valence-corrected chi connectivity index (χ1v) is 19.5. The van der Waals surface area contributed by atoms with E-state index in [0.29, 0.717) is 12.2 Å². The van der Waals surface area contributed by atoms with Gasteiger partial charge in [-0.25, -0.2) is 9.65 Å². The summed E-state index contributed by atoms with van der Waals surface area (Å²) in [6.07, 6.45) is 21.7. The quantitative estimate of drug-likeness (QED) is 0.0634. The number of benzene rings is 2. The molecular formula is C36H57ClNO4P. The average molecular weight is 634 g/mol. The van der Waals surface area contributed by atoms with E-state index in [1.807, 2.05) is 36.4 Å². The third-order valence-corrected chi connectivity index (χ3v) is 9.45. The Morgan fingerprint density at radius 3 is 1.63 bits per heavy atom. The third kappa shape index (κ3) is 18.6. The van der Waals surface area contributed by atoms with Crippen molar-refractivity contribution in [2.24, 2.45) is 0 Å². The molecule has 2 aromatic carbocycles. The number of hydrogen-bond acceptors (Lipinski definition) is 4. The van der Waals surface area contributed by atoms with E-state index >= 15 is 0 Å². The van der Waals surface area contributed by atoms with Crippen molar-refractivity contribution in [1.29, 1.82) is 0 Å². The summed E-state index contributed by atoms with van der Waals surface area (Å²) in [7, 11) is 0. The molecule has 0 heterocycles. The monoisotopic (exact) mass is 633 g/mol. The van der Waals surface area contributed by atoms with Crippen molar-refractivity contribution in [3.8, 4) is 5.75 Å². The van der Waals surface area contributed by atoms with Crippen LogP contribution in [0.3, 0.4) is 0 Å². The number of hydrogen-bond donors (Lipinski definition) is 1. The number of carbonyl (C=O) groups excluding carboxylic acids is 1. The Balaban J connectivity index is 1.99. The third-order valence-electron chi connectivity index (χ3n) is 7.89. The fourth-order valence-corrected chi connectivity index (χ4v) is 6.99. The van der Waals surface area contributed by atoms with Crippen LogP contribution in [0.1, 0.15) is 135 Å². The minimum absolute atomic E-state index is 0.155. The average Bonchev–Trinajstić information content (AvgIpc) is 3.00. The first kappa shape index (κ1) is 37.4. The summed E-state index contributed by atoms with van der Waals surface area (Å²) in [5.41, 5.74) is 0.927. The molecule has 2 rings (SSSR count). The van der Waals surface area contributed by atoms with E-state index in [9.17, 15) is 9.36 Å². The van der Waals surface area contributed by atoms with Crippen LogP contribution >= 0.6 is 18.1 Å². The topological polar surface area (TPSA) is 64.6 Å². The number of halogens is 1. The predicted octanol–water partition coefficient (Wildman–Crippen LogP) is 11.6. The number of rotatable bonds is 26. The zero-order valence-corrected chi connectivity index (χ0v) is 28.5. The second-order valence-corrected chi connectivity index (χ2v) is 14.6. The smallest absolute Gasteiger partial charge is 0.409 e. The lowest BCUT2D eigenvalue weighted by Gasteiger charge is -2.25. The molecular weight excluding hydrogens is 577 g/mol. The van der Waals surface area contributed by atoms with Crippen molar-refractivity contribution >= 4 is 24.1 Å². The molecule has 1 unspecified atom stereocenters. The number of para-hydroxylation sites is 1. The van der Waals surface area contributed by atoms with Crippen LogP contribution in [0.4, 0.5) is 0 Å². The number of carbonyl (C=O) groups is 1. The highest BCUT2D eigenvalue weighted by atomic mass is 35.7. The Kier molecular flexibility index (Phi) is 20.5. The van der Waals surface area contributed by atoms with E-state index < -0.39 is 18.9 Å². The summed E-state index contributed by atoms with van der Waals surface area (Å²) in [5.74, 6) is -0.0482. The second kappa shape index (κ2) is 23.6. The number of unbranched alkanes of at least 4 members (excludes halogenated alkanes) is 14. The van der Waals surface area contributed by atoms with E-state index in [1.165, 1.54) is 77.0 Å². The molecule has 242 valence electrons. The van der Waals surface area contributed by atoms with E-state index in [1.54, 1.807) is 24.3 Å². The highest BCUT2D eigenvalue weighted by molar-refractivity contribution is 7.84. The molecule has 0 aromatic heterocycles. The predicted molar refractivity (Wildman–Crippen MR) is 182 cm³/mol. The summed E-state index contributed by atoms with van der Waals surface area (Å²) >= 11 is 6.35. The van der Waals surface area contributed by atoms with Gasteiger partial charge < -0.3 is 9.26 Å². The molecule has 0 spiro atoms. The molecule has 43 heavy (non-hydrogen) atoms. The molecule has 5 nitrogen and oxygen atoms in total. The normalized spacial score (nSPS) is 13.5.